The molecule has 1 rings (SSSR count). The molecule has 0 amide bonds. The molecule has 0 fully saturated rings. The number of nitriles is 1. The average Bonchev–Trinajstić information content (AvgIpc) is 2.28. The van der Waals surface area contributed by atoms with Gasteiger partial charge in [-0.05, 0) is 38.6 Å². The molecule has 0 atom stereocenters. The Morgan fingerprint density at radius 1 is 1.38 bits per heavy atom. The van der Waals surface area contributed by atoms with Gasteiger partial charge in [0.05, 0.1) is 11.6 Å². The highest BCUT2D eigenvalue weighted by molar-refractivity contribution is 5.44. The van der Waals surface area contributed by atoms with E-state index in [1.54, 1.807) is 12.1 Å². The Morgan fingerprint density at radius 2 is 2.19 bits per heavy atom. The first-order valence-electron chi connectivity index (χ1n) is 5.59. The molecule has 0 aliphatic carbocycles. The van der Waals surface area contributed by atoms with Crippen LogP contribution in [0.5, 0.6) is 0 Å². The Kier molecular flexibility index (Phi) is 5.30. The average molecular weight is 218 g/mol. The Bertz CT molecular complexity index is 368. The van der Waals surface area contributed by atoms with Crippen LogP contribution in [-0.4, -0.2) is 24.6 Å². The summed E-state index contributed by atoms with van der Waals surface area (Å²) in [6, 6.07) is 5.69. The van der Waals surface area contributed by atoms with Crippen molar-refractivity contribution < 1.29 is 0 Å². The second-order valence-corrected chi connectivity index (χ2v) is 3.63. The molecule has 0 aliphatic rings. The minimum Gasteiger partial charge on any atom is -0.370 e. The molecule has 16 heavy (non-hydrogen) atoms. The molecule has 0 spiro atoms. The van der Waals surface area contributed by atoms with E-state index in [0.717, 1.165) is 37.6 Å². The quantitative estimate of drug-likeness (QED) is 0.713. The summed E-state index contributed by atoms with van der Waals surface area (Å²) in [5.74, 6) is 0.785. The predicted molar refractivity (Wildman–Crippen MR) is 65.3 cm³/mol. The summed E-state index contributed by atoms with van der Waals surface area (Å²) in [5, 5.41) is 15.3. The first-order valence-corrected chi connectivity index (χ1v) is 5.59. The van der Waals surface area contributed by atoms with Crippen LogP contribution in [0, 0.1) is 18.3 Å². The summed E-state index contributed by atoms with van der Waals surface area (Å²) >= 11 is 0. The molecule has 1 aromatic rings. The van der Waals surface area contributed by atoms with Crippen LogP contribution in [0.4, 0.5) is 5.82 Å². The molecule has 0 unspecified atom stereocenters. The highest BCUT2D eigenvalue weighted by Crippen LogP contribution is 2.08. The minimum absolute atomic E-state index is 0.654. The second-order valence-electron chi connectivity index (χ2n) is 3.63. The van der Waals surface area contributed by atoms with Crippen molar-refractivity contribution in [1.82, 2.24) is 10.3 Å². The van der Waals surface area contributed by atoms with E-state index in [0.29, 0.717) is 5.56 Å². The van der Waals surface area contributed by atoms with Crippen molar-refractivity contribution >= 4 is 5.82 Å². The zero-order chi connectivity index (χ0) is 11.8. The molecule has 0 bridgehead atoms. The Labute approximate surface area is 96.7 Å². The van der Waals surface area contributed by atoms with Gasteiger partial charge >= 0.3 is 0 Å². The normalized spacial score (nSPS) is 9.81. The van der Waals surface area contributed by atoms with E-state index in [1.807, 2.05) is 6.92 Å². The van der Waals surface area contributed by atoms with Crippen molar-refractivity contribution in [1.29, 1.82) is 5.26 Å². The monoisotopic (exact) mass is 218 g/mol. The van der Waals surface area contributed by atoms with Crippen LogP contribution < -0.4 is 10.6 Å². The van der Waals surface area contributed by atoms with E-state index in [2.05, 4.69) is 28.6 Å². The first-order chi connectivity index (χ1) is 7.76. The maximum Gasteiger partial charge on any atom is 0.127 e. The van der Waals surface area contributed by atoms with Gasteiger partial charge in [-0.2, -0.15) is 5.26 Å². The van der Waals surface area contributed by atoms with Gasteiger partial charge in [-0.15, -0.1) is 0 Å². The smallest absolute Gasteiger partial charge is 0.127 e. The topological polar surface area (TPSA) is 60.7 Å². The van der Waals surface area contributed by atoms with Gasteiger partial charge in [0.2, 0.25) is 0 Å². The molecule has 1 aromatic heterocycles. The van der Waals surface area contributed by atoms with Gasteiger partial charge in [-0.25, -0.2) is 4.98 Å². The van der Waals surface area contributed by atoms with Crippen LogP contribution in [0.15, 0.2) is 12.1 Å². The number of aryl methyl sites for hydroxylation is 1. The van der Waals surface area contributed by atoms with E-state index in [1.165, 1.54) is 0 Å². The summed E-state index contributed by atoms with van der Waals surface area (Å²) in [6.45, 7) is 6.86. The van der Waals surface area contributed by atoms with Crippen molar-refractivity contribution in [3.63, 3.8) is 0 Å². The van der Waals surface area contributed by atoms with Gasteiger partial charge in [-0.3, -0.25) is 0 Å². The molecular formula is C12H18N4. The molecule has 0 aromatic carbocycles. The third-order valence-corrected chi connectivity index (χ3v) is 2.17. The van der Waals surface area contributed by atoms with Crippen molar-refractivity contribution in [2.75, 3.05) is 25.0 Å². The molecule has 86 valence electrons. The molecule has 0 saturated carbocycles. The number of rotatable bonds is 6. The molecule has 4 heteroatoms. The highest BCUT2D eigenvalue weighted by Gasteiger charge is 1.98. The van der Waals surface area contributed by atoms with Gasteiger partial charge < -0.3 is 10.6 Å². The lowest BCUT2D eigenvalue weighted by Gasteiger charge is -2.07. The zero-order valence-corrected chi connectivity index (χ0v) is 9.88. The summed E-state index contributed by atoms with van der Waals surface area (Å²) in [6.07, 6.45) is 1.05. The third-order valence-electron chi connectivity index (χ3n) is 2.17. The van der Waals surface area contributed by atoms with E-state index in [-0.39, 0.29) is 0 Å². The molecule has 0 aliphatic heterocycles. The number of hydrogen-bond donors (Lipinski definition) is 2. The van der Waals surface area contributed by atoms with Gasteiger partial charge in [0.1, 0.15) is 5.82 Å². The van der Waals surface area contributed by atoms with Crippen LogP contribution >= 0.6 is 0 Å². The van der Waals surface area contributed by atoms with E-state index in [9.17, 15) is 0 Å². The molecule has 0 radical (unpaired) electrons. The SMILES string of the molecule is CCNCCCNc1cc(C#N)cc(C)n1. The Hall–Kier alpha value is -1.60. The number of anilines is 1. The number of hydrogen-bond acceptors (Lipinski definition) is 4. The summed E-state index contributed by atoms with van der Waals surface area (Å²) in [4.78, 5) is 4.32. The number of nitrogens with zero attached hydrogens (tertiary/aromatic N) is 2. The molecule has 0 saturated heterocycles. The molecule has 1 heterocycles. The number of nitrogens with one attached hydrogen (secondary N) is 2. The van der Waals surface area contributed by atoms with E-state index < -0.39 is 0 Å². The largest absolute Gasteiger partial charge is 0.370 e. The van der Waals surface area contributed by atoms with Gasteiger partial charge in [0.15, 0.2) is 0 Å². The lowest BCUT2D eigenvalue weighted by molar-refractivity contribution is 0.688. The van der Waals surface area contributed by atoms with E-state index in [4.69, 9.17) is 5.26 Å². The standard InChI is InChI=1S/C12H18N4/c1-3-14-5-4-6-15-12-8-11(9-13)7-10(2)16-12/h7-8,14H,3-6H2,1-2H3,(H,15,16). The maximum absolute atomic E-state index is 8.81. The lowest BCUT2D eigenvalue weighted by atomic mass is 10.2. The van der Waals surface area contributed by atoms with Crippen molar-refractivity contribution in [3.8, 4) is 6.07 Å². The predicted octanol–water partition coefficient (Wildman–Crippen LogP) is 1.67. The van der Waals surface area contributed by atoms with Crippen LogP contribution in [0.1, 0.15) is 24.6 Å². The third kappa shape index (κ3) is 4.28. The van der Waals surface area contributed by atoms with Gasteiger partial charge in [-0.1, -0.05) is 6.92 Å². The summed E-state index contributed by atoms with van der Waals surface area (Å²) < 4.78 is 0. The molecular weight excluding hydrogens is 200 g/mol. The lowest BCUT2D eigenvalue weighted by Crippen LogP contribution is -2.17. The Morgan fingerprint density at radius 3 is 2.88 bits per heavy atom. The van der Waals surface area contributed by atoms with Crippen molar-refractivity contribution in [2.24, 2.45) is 0 Å². The van der Waals surface area contributed by atoms with E-state index >= 15 is 0 Å². The molecule has 2 N–H and O–H groups in total. The fourth-order valence-corrected chi connectivity index (χ4v) is 1.43. The fraction of sp³-hybridized carbons (Fsp3) is 0.500. The van der Waals surface area contributed by atoms with Crippen LogP contribution in [0.25, 0.3) is 0 Å². The van der Waals surface area contributed by atoms with Gasteiger partial charge in [0, 0.05) is 12.2 Å². The Balaban J connectivity index is 2.42. The van der Waals surface area contributed by atoms with Crippen LogP contribution in [0.3, 0.4) is 0 Å². The number of aromatic nitrogens is 1. The summed E-state index contributed by atoms with van der Waals surface area (Å²) in [7, 11) is 0. The fourth-order valence-electron chi connectivity index (χ4n) is 1.43. The molecule has 4 nitrogen and oxygen atoms in total. The maximum atomic E-state index is 8.81. The number of pyridine rings is 1. The zero-order valence-electron chi connectivity index (χ0n) is 9.88. The summed E-state index contributed by atoms with van der Waals surface area (Å²) in [5.41, 5.74) is 1.52. The van der Waals surface area contributed by atoms with Crippen molar-refractivity contribution in [3.05, 3.63) is 23.4 Å². The van der Waals surface area contributed by atoms with Crippen LogP contribution in [-0.2, 0) is 0 Å². The first kappa shape index (κ1) is 12.5. The second kappa shape index (κ2) is 6.81. The van der Waals surface area contributed by atoms with Crippen LogP contribution in [0.2, 0.25) is 0 Å². The minimum atomic E-state index is 0.654. The highest BCUT2D eigenvalue weighted by atomic mass is 15.0. The van der Waals surface area contributed by atoms with Gasteiger partial charge in [0.25, 0.3) is 0 Å². The van der Waals surface area contributed by atoms with Crippen molar-refractivity contribution in [2.45, 2.75) is 20.3 Å².